The summed E-state index contributed by atoms with van der Waals surface area (Å²) in [6.45, 7) is 5.93. The fourth-order valence-corrected chi connectivity index (χ4v) is 15.9. The van der Waals surface area contributed by atoms with Crippen LogP contribution >= 0.6 is 68.0 Å². The van der Waals surface area contributed by atoms with Gasteiger partial charge in [0.2, 0.25) is 23.6 Å². The summed E-state index contributed by atoms with van der Waals surface area (Å²) < 4.78 is 5.46. The number of thiazole rings is 6. The first-order valence-corrected chi connectivity index (χ1v) is 34.1. The van der Waals surface area contributed by atoms with E-state index in [0.29, 0.717) is 113 Å². The number of aromatic nitrogens is 7. The number of anilines is 1. The van der Waals surface area contributed by atoms with Crippen LogP contribution in [-0.2, 0) is 30.5 Å². The highest BCUT2D eigenvalue weighted by Crippen LogP contribution is 2.41. The molecule has 11 N–H and O–H groups in total. The maximum atomic E-state index is 14.5. The Morgan fingerprint density at radius 3 is 2.16 bits per heavy atom. The fraction of sp³-hybridized carbons (Fsp3) is 0.390. The van der Waals surface area contributed by atoms with Crippen molar-refractivity contribution in [3.05, 3.63) is 111 Å². The summed E-state index contributed by atoms with van der Waals surface area (Å²) in [4.78, 5) is 131. The average molecular weight is 1340 g/mol. The molecule has 472 valence electrons. The number of hydrogen-bond donors (Lipinski definition) is 9. The molecule has 1 fully saturated rings. The van der Waals surface area contributed by atoms with Gasteiger partial charge in [0.25, 0.3) is 17.7 Å². The van der Waals surface area contributed by atoms with E-state index in [4.69, 9.17) is 51.2 Å². The van der Waals surface area contributed by atoms with E-state index in [-0.39, 0.29) is 64.7 Å². The number of fused-ring (bicyclic) bond motifs is 14. The molecule has 0 radical (unpaired) electrons. The van der Waals surface area contributed by atoms with Gasteiger partial charge in [-0.2, -0.15) is 0 Å². The Morgan fingerprint density at radius 2 is 1.42 bits per heavy atom. The van der Waals surface area contributed by atoms with Crippen LogP contribution in [0.2, 0.25) is 0 Å². The maximum absolute atomic E-state index is 14.5. The summed E-state index contributed by atoms with van der Waals surface area (Å²) in [5.74, 6) is 3.01. The SMILES string of the molecule is CNC(=O)C[C@@H]1NC(=O)c2csc(n2)-c2ccc(-c3nc(NC(=O)[C@H]4CC[C@H](C(=O)NCCCCN)CC4)cs3)nc2-c2csc(n2)-c2csc(n2)[C@H]([C@@H](O)c2ccccc2)NC(=O)CNC(=O)c2nc(sc2COC)[C@H](C(C)C)N(N)C(=O)c2nc1sc2C. The van der Waals surface area contributed by atoms with Crippen molar-refractivity contribution in [1.29, 1.82) is 0 Å². The Morgan fingerprint density at radius 1 is 0.733 bits per heavy atom. The quantitative estimate of drug-likeness (QED) is 0.0272. The van der Waals surface area contributed by atoms with Gasteiger partial charge in [0.15, 0.2) is 0 Å². The van der Waals surface area contributed by atoms with Crippen molar-refractivity contribution in [2.45, 2.75) is 96.6 Å². The molecule has 31 heteroatoms. The Bertz CT molecular complexity index is 3910. The minimum atomic E-state index is -1.29. The van der Waals surface area contributed by atoms with E-state index in [1.54, 1.807) is 70.9 Å². The van der Waals surface area contributed by atoms with E-state index in [1.807, 2.05) is 13.8 Å². The molecule has 25 nitrogen and oxygen atoms in total. The molecule has 2 aliphatic rings. The van der Waals surface area contributed by atoms with Gasteiger partial charge in [0, 0.05) is 64.5 Å². The number of pyridine rings is 1. The highest BCUT2D eigenvalue weighted by molar-refractivity contribution is 7.15. The molecule has 0 unspecified atom stereocenters. The highest BCUT2D eigenvalue weighted by Gasteiger charge is 2.36. The van der Waals surface area contributed by atoms with E-state index >= 15 is 0 Å². The third-order valence-electron chi connectivity index (χ3n) is 15.1. The smallest absolute Gasteiger partial charge is 0.288 e. The van der Waals surface area contributed by atoms with Gasteiger partial charge < -0.3 is 47.5 Å². The first kappa shape index (κ1) is 65.2. The molecule has 1 saturated carbocycles. The summed E-state index contributed by atoms with van der Waals surface area (Å²) in [7, 11) is 2.92. The number of methoxy groups -OCH3 is 1. The Balaban J connectivity index is 0.999. The van der Waals surface area contributed by atoms with Gasteiger partial charge in [-0.3, -0.25) is 38.6 Å². The van der Waals surface area contributed by atoms with Crippen LogP contribution in [0.3, 0.4) is 0 Å². The number of rotatable bonds is 15. The number of hydrogen-bond acceptors (Lipinski definition) is 24. The first-order chi connectivity index (χ1) is 43.4. The van der Waals surface area contributed by atoms with Gasteiger partial charge in [-0.15, -0.1) is 68.0 Å². The van der Waals surface area contributed by atoms with E-state index in [9.17, 15) is 38.7 Å². The fourth-order valence-electron chi connectivity index (χ4n) is 10.3. The molecule has 1 aromatic carbocycles. The van der Waals surface area contributed by atoms with E-state index in [2.05, 4.69) is 31.9 Å². The molecule has 4 atom stereocenters. The molecular weight excluding hydrogens is 1270 g/mol. The molecule has 0 spiro atoms. The number of amides is 7. The molecule has 0 saturated heterocycles. The molecule has 8 heterocycles. The van der Waals surface area contributed by atoms with Gasteiger partial charge in [0.05, 0.1) is 36.2 Å². The number of aryl methyl sites for hydroxylation is 1. The summed E-state index contributed by atoms with van der Waals surface area (Å²) in [6.07, 6.45) is 2.44. The summed E-state index contributed by atoms with van der Waals surface area (Å²) >= 11 is 7.13. The number of nitrogens with one attached hydrogen (secondary N) is 6. The molecule has 90 heavy (non-hydrogen) atoms. The van der Waals surface area contributed by atoms with Crippen molar-refractivity contribution < 1.29 is 43.4 Å². The maximum Gasteiger partial charge on any atom is 0.288 e. The van der Waals surface area contributed by atoms with Gasteiger partial charge in [-0.25, -0.2) is 40.7 Å². The lowest BCUT2D eigenvalue weighted by molar-refractivity contribution is -0.128. The van der Waals surface area contributed by atoms with Gasteiger partial charge >= 0.3 is 0 Å². The lowest BCUT2D eigenvalue weighted by atomic mass is 9.81. The minimum absolute atomic E-state index is 0.00994. The predicted molar refractivity (Wildman–Crippen MR) is 345 cm³/mol. The molecule has 7 amide bonds. The number of hydrazine groups is 1. The zero-order valence-corrected chi connectivity index (χ0v) is 54.5. The van der Waals surface area contributed by atoms with Gasteiger partial charge in [-0.1, -0.05) is 44.2 Å². The number of carbonyl (C=O) groups is 7. The van der Waals surface area contributed by atoms with Crippen LogP contribution in [0.25, 0.3) is 43.4 Å². The Labute approximate surface area is 541 Å². The van der Waals surface area contributed by atoms with Crippen molar-refractivity contribution in [2.24, 2.45) is 29.3 Å². The number of unbranched alkanes of at least 4 members (excludes halogenated alkanes) is 1. The monoisotopic (exact) mass is 1330 g/mol. The van der Waals surface area contributed by atoms with Crippen LogP contribution < -0.4 is 43.5 Å². The minimum Gasteiger partial charge on any atom is -0.386 e. The topological polar surface area (TPSA) is 367 Å². The zero-order valence-electron chi connectivity index (χ0n) is 49.6. The molecule has 7 aromatic heterocycles. The second-order valence-electron chi connectivity index (χ2n) is 21.7. The number of aliphatic hydroxyl groups is 1. The number of benzene rings is 1. The van der Waals surface area contributed by atoms with Crippen LogP contribution in [0.1, 0.15) is 145 Å². The summed E-state index contributed by atoms with van der Waals surface area (Å²) in [5, 5.41) is 39.1. The van der Waals surface area contributed by atoms with Gasteiger partial charge in [-0.05, 0) is 75.6 Å². The zero-order chi connectivity index (χ0) is 63.8. The average Bonchev–Trinajstić information content (AvgIpc) is 3.68. The van der Waals surface area contributed by atoms with Crippen LogP contribution in [0, 0.1) is 24.7 Å². The van der Waals surface area contributed by atoms with Crippen molar-refractivity contribution in [3.8, 4) is 43.4 Å². The Kier molecular flexibility index (Phi) is 21.4. The van der Waals surface area contributed by atoms with Crippen molar-refractivity contribution >= 4 is 115 Å². The molecule has 1 aliphatic carbocycles. The summed E-state index contributed by atoms with van der Waals surface area (Å²) in [5.41, 5.74) is 8.19. The second kappa shape index (κ2) is 29.5. The third kappa shape index (κ3) is 15.0. The molecular formula is C59H66N16O9S6. The van der Waals surface area contributed by atoms with Crippen LogP contribution in [0.4, 0.5) is 5.82 Å². The highest BCUT2D eigenvalue weighted by atomic mass is 32.1. The van der Waals surface area contributed by atoms with Gasteiger partial charge in [0.1, 0.15) is 88.2 Å². The van der Waals surface area contributed by atoms with Crippen LogP contribution in [0.5, 0.6) is 0 Å². The number of aliphatic hydroxyl groups excluding tert-OH is 1. The van der Waals surface area contributed by atoms with E-state index in [0.717, 1.165) is 40.5 Å². The normalized spacial score (nSPS) is 18.7. The molecule has 10 rings (SSSR count). The standard InChI is InChI=1S/C59H66N16O9S6/c1-28(2)47-58-74-45(39(90-58)23-84-5)52(82)64-22-42(77)72-46(48(78)30-11-7-6-8-12-30)57-69-38(26-87-57)55-67-36(24-86-55)44-33(53-68-37(25-85-53)51(81)66-35(21-41(76)62-4)56-73-43(29(3)89-56)59(83)75(47)61)17-18-34(65-44)54-71-40(27-88-54)70-50(80)32-15-13-31(14-16-32)49(79)63-20-10-9-19-60/h6-8,11-12,17-18,24-28,31-32,35,46-48,78H,9-10,13-16,19-23,60-61H2,1-5H3,(H,62,76)(H,63,79)(H,64,82)(H,66,81)(H,70,80)(H,72,77)/t31-,32-,35-,46-,47-,48-/m0/s1. The predicted octanol–water partition coefficient (Wildman–Crippen LogP) is 7.50. The number of nitrogens with two attached hydrogens (primary N) is 2. The number of ether oxygens (including phenoxy) is 1. The molecule has 8 aromatic rings. The number of carbonyl (C=O) groups excluding carboxylic acids is 7. The summed E-state index contributed by atoms with van der Waals surface area (Å²) in [6, 6.07) is 9.31. The van der Waals surface area contributed by atoms with Crippen LogP contribution in [0.15, 0.2) is 64.0 Å². The van der Waals surface area contributed by atoms with Crippen molar-refractivity contribution in [1.82, 2.24) is 66.5 Å². The van der Waals surface area contributed by atoms with Crippen molar-refractivity contribution in [3.63, 3.8) is 0 Å². The number of nitrogens with zero attached hydrogens (tertiary/aromatic N) is 8. The van der Waals surface area contributed by atoms with E-state index < -0.39 is 60.3 Å². The first-order valence-electron chi connectivity index (χ1n) is 28.9. The third-order valence-corrected chi connectivity index (χ3v) is 20.8. The molecule has 1 aliphatic heterocycles. The molecule has 10 bridgehead atoms. The van der Waals surface area contributed by atoms with Crippen molar-refractivity contribution in [2.75, 3.05) is 39.1 Å². The second-order valence-corrected chi connectivity index (χ2v) is 27.5. The lowest BCUT2D eigenvalue weighted by Crippen LogP contribution is -2.43. The Hall–Kier alpha value is -7.72. The van der Waals surface area contributed by atoms with E-state index in [1.165, 1.54) is 59.5 Å². The lowest BCUT2D eigenvalue weighted by Gasteiger charge is -2.28. The largest absolute Gasteiger partial charge is 0.386 e. The van der Waals surface area contributed by atoms with Crippen LogP contribution in [-0.4, -0.2) is 120 Å².